The number of nitrogens with zero attached hydrogens (tertiary/aromatic N) is 2. The molecule has 226 valence electrons. The summed E-state index contributed by atoms with van der Waals surface area (Å²) in [6, 6.07) is 15.4. The molecular weight excluding hydrogens is 556 g/mol. The number of aliphatic hydroxyl groups is 1. The number of carbonyl (C=O) groups is 4. The SMILES string of the molecule is CC(C)(C)[C@]1(O)C[C@@H]2OC(=O)C[C@@]23C(=O)O[C@@H]2N(c4ccc(N5CCOCC5)cc4)C(=O)[C@H](OC(=O)c4ccccc4)C213. The van der Waals surface area contributed by atoms with E-state index in [1.165, 1.54) is 4.90 Å². The van der Waals surface area contributed by atoms with E-state index in [4.69, 9.17) is 18.9 Å². The molecule has 2 aromatic carbocycles. The molecule has 5 fully saturated rings. The van der Waals surface area contributed by atoms with E-state index >= 15 is 0 Å². The van der Waals surface area contributed by atoms with Crippen molar-refractivity contribution in [3.8, 4) is 0 Å². The maximum absolute atomic E-state index is 14.6. The number of benzene rings is 2. The Morgan fingerprint density at radius 2 is 1.60 bits per heavy atom. The Morgan fingerprint density at radius 3 is 2.26 bits per heavy atom. The van der Waals surface area contributed by atoms with Crippen LogP contribution in [0.1, 0.15) is 44.0 Å². The van der Waals surface area contributed by atoms with Gasteiger partial charge in [-0.2, -0.15) is 0 Å². The Balaban J connectivity index is 1.40. The minimum atomic E-state index is -1.85. The van der Waals surface area contributed by atoms with Crippen LogP contribution in [0.3, 0.4) is 0 Å². The van der Waals surface area contributed by atoms with E-state index in [0.717, 1.165) is 18.8 Å². The Kier molecular flexibility index (Phi) is 6.00. The molecule has 0 bridgehead atoms. The van der Waals surface area contributed by atoms with Gasteiger partial charge in [0.05, 0.1) is 30.8 Å². The predicted molar refractivity (Wildman–Crippen MR) is 151 cm³/mol. The van der Waals surface area contributed by atoms with Crippen LogP contribution in [0, 0.1) is 16.2 Å². The van der Waals surface area contributed by atoms with Crippen molar-refractivity contribution >= 4 is 35.2 Å². The third-order valence-corrected chi connectivity index (χ3v) is 10.2. The lowest BCUT2D eigenvalue weighted by molar-refractivity contribution is -0.204. The molecule has 1 N–H and O–H groups in total. The molecule has 2 aromatic rings. The molecule has 4 aliphatic heterocycles. The fourth-order valence-corrected chi connectivity index (χ4v) is 8.17. The van der Waals surface area contributed by atoms with Gasteiger partial charge in [0.1, 0.15) is 16.9 Å². The van der Waals surface area contributed by atoms with Gasteiger partial charge in [0.15, 0.2) is 12.3 Å². The summed E-state index contributed by atoms with van der Waals surface area (Å²) >= 11 is 0. The van der Waals surface area contributed by atoms with Crippen LogP contribution in [-0.4, -0.2) is 79.3 Å². The normalized spacial score (nSPS) is 34.9. The summed E-state index contributed by atoms with van der Waals surface area (Å²) in [5.41, 5.74) is -4.85. The molecule has 1 unspecified atom stereocenters. The first-order chi connectivity index (χ1) is 20.5. The van der Waals surface area contributed by atoms with E-state index in [2.05, 4.69) is 4.90 Å². The van der Waals surface area contributed by atoms with Gasteiger partial charge < -0.3 is 29.0 Å². The second-order valence-electron chi connectivity index (χ2n) is 13.0. The van der Waals surface area contributed by atoms with Crippen LogP contribution >= 0.6 is 0 Å². The zero-order valence-corrected chi connectivity index (χ0v) is 24.3. The first-order valence-corrected chi connectivity index (χ1v) is 14.6. The number of hydrogen-bond acceptors (Lipinski definition) is 10. The van der Waals surface area contributed by atoms with E-state index in [1.54, 1.807) is 63.2 Å². The van der Waals surface area contributed by atoms with E-state index in [1.807, 2.05) is 12.1 Å². The molecule has 0 radical (unpaired) electrons. The maximum Gasteiger partial charge on any atom is 0.338 e. The van der Waals surface area contributed by atoms with Crippen LogP contribution in [-0.2, 0) is 33.3 Å². The Hall–Kier alpha value is -3.96. The maximum atomic E-state index is 14.6. The first kappa shape index (κ1) is 27.8. The lowest BCUT2D eigenvalue weighted by Crippen LogP contribution is -2.66. The van der Waals surface area contributed by atoms with Crippen molar-refractivity contribution in [1.82, 2.24) is 0 Å². The largest absolute Gasteiger partial charge is 0.461 e. The smallest absolute Gasteiger partial charge is 0.338 e. The van der Waals surface area contributed by atoms with Gasteiger partial charge in [0, 0.05) is 30.9 Å². The Bertz CT molecular complexity index is 1500. The number of carbonyl (C=O) groups excluding carboxylic acids is 4. The number of esters is 3. The fourth-order valence-electron chi connectivity index (χ4n) is 8.17. The van der Waals surface area contributed by atoms with Crippen LogP contribution in [0.5, 0.6) is 0 Å². The highest BCUT2D eigenvalue weighted by Crippen LogP contribution is 2.76. The van der Waals surface area contributed by atoms with Crippen LogP contribution in [0.2, 0.25) is 0 Å². The molecule has 1 saturated carbocycles. The highest BCUT2D eigenvalue weighted by molar-refractivity contribution is 6.07. The van der Waals surface area contributed by atoms with Crippen molar-refractivity contribution in [2.75, 3.05) is 36.1 Å². The summed E-state index contributed by atoms with van der Waals surface area (Å²) in [4.78, 5) is 58.5. The molecule has 11 nitrogen and oxygen atoms in total. The third-order valence-electron chi connectivity index (χ3n) is 10.2. The summed E-state index contributed by atoms with van der Waals surface area (Å²) in [6.45, 7) is 8.03. The zero-order valence-electron chi connectivity index (χ0n) is 24.3. The van der Waals surface area contributed by atoms with Crippen LogP contribution < -0.4 is 9.80 Å². The molecule has 43 heavy (non-hydrogen) atoms. The standard InChI is InChI=1S/C32H34N2O9/c1-29(2,3)31(39)17-22-30(18-23(35)41-22)28(38)43-27-32(30,31)24(42-26(37)19-7-5-4-6-8-19)25(36)34(27)21-11-9-20(10-12-21)33-13-15-40-16-14-33/h4-12,22,24,27,39H,13-18H2,1-3H3/t22-,24-,27-,30-,31+,32?/m0/s1. The van der Waals surface area contributed by atoms with Gasteiger partial charge in [-0.25, -0.2) is 4.79 Å². The minimum Gasteiger partial charge on any atom is -0.461 e. The second-order valence-corrected chi connectivity index (χ2v) is 13.0. The average molecular weight is 591 g/mol. The molecule has 0 aromatic heterocycles. The van der Waals surface area contributed by atoms with Crippen molar-refractivity contribution in [1.29, 1.82) is 0 Å². The van der Waals surface area contributed by atoms with E-state index < -0.39 is 70.5 Å². The molecule has 4 saturated heterocycles. The molecule has 1 amide bonds. The molecule has 11 heteroatoms. The van der Waals surface area contributed by atoms with Crippen molar-refractivity contribution in [3.05, 3.63) is 60.2 Å². The molecule has 7 rings (SSSR count). The fraction of sp³-hybridized carbons (Fsp3) is 0.500. The van der Waals surface area contributed by atoms with Crippen molar-refractivity contribution in [2.24, 2.45) is 16.2 Å². The lowest BCUT2D eigenvalue weighted by Gasteiger charge is -2.51. The summed E-state index contributed by atoms with van der Waals surface area (Å²) < 4.78 is 23.2. The van der Waals surface area contributed by atoms with Crippen molar-refractivity contribution in [2.45, 2.75) is 57.6 Å². The Morgan fingerprint density at radius 1 is 0.953 bits per heavy atom. The number of rotatable bonds is 4. The van der Waals surface area contributed by atoms with Crippen LogP contribution in [0.25, 0.3) is 0 Å². The summed E-state index contributed by atoms with van der Waals surface area (Å²) in [5.74, 6) is -2.83. The van der Waals surface area contributed by atoms with Gasteiger partial charge >= 0.3 is 17.9 Å². The number of anilines is 2. The minimum absolute atomic E-state index is 0.121. The van der Waals surface area contributed by atoms with Crippen molar-refractivity contribution in [3.63, 3.8) is 0 Å². The zero-order chi connectivity index (χ0) is 30.4. The Labute approximate surface area is 248 Å². The molecule has 2 spiro atoms. The molecule has 1 aliphatic carbocycles. The van der Waals surface area contributed by atoms with Crippen LogP contribution in [0.15, 0.2) is 54.6 Å². The first-order valence-electron chi connectivity index (χ1n) is 14.6. The number of hydrogen-bond donors (Lipinski definition) is 1. The predicted octanol–water partition coefficient (Wildman–Crippen LogP) is 2.45. The topological polar surface area (TPSA) is 132 Å². The monoisotopic (exact) mass is 590 g/mol. The van der Waals surface area contributed by atoms with E-state index in [-0.39, 0.29) is 12.0 Å². The van der Waals surface area contributed by atoms with E-state index in [9.17, 15) is 24.3 Å². The third kappa shape index (κ3) is 3.49. The second kappa shape index (κ2) is 9.27. The number of morpholine rings is 1. The quantitative estimate of drug-likeness (QED) is 0.418. The van der Waals surface area contributed by atoms with Gasteiger partial charge in [-0.1, -0.05) is 39.0 Å². The van der Waals surface area contributed by atoms with Gasteiger partial charge in [0.25, 0.3) is 5.91 Å². The number of ether oxygens (including phenoxy) is 4. The average Bonchev–Trinajstić information content (AvgIpc) is 3.60. The van der Waals surface area contributed by atoms with E-state index in [0.29, 0.717) is 18.9 Å². The number of amides is 1. The highest BCUT2D eigenvalue weighted by atomic mass is 16.6. The summed E-state index contributed by atoms with van der Waals surface area (Å²) in [5, 5.41) is 12.8. The molecule has 5 aliphatic rings. The van der Waals surface area contributed by atoms with Crippen LogP contribution in [0.4, 0.5) is 11.4 Å². The van der Waals surface area contributed by atoms with Gasteiger partial charge in [-0.05, 0) is 41.8 Å². The lowest BCUT2D eigenvalue weighted by atomic mass is 9.52. The molecule has 4 heterocycles. The summed E-state index contributed by atoms with van der Waals surface area (Å²) in [7, 11) is 0. The van der Waals surface area contributed by atoms with Gasteiger partial charge in [-0.15, -0.1) is 0 Å². The molecule has 6 atom stereocenters. The highest BCUT2D eigenvalue weighted by Gasteiger charge is 2.93. The van der Waals surface area contributed by atoms with Gasteiger partial charge in [-0.3, -0.25) is 19.3 Å². The molecular formula is C32H34N2O9. The summed E-state index contributed by atoms with van der Waals surface area (Å²) in [6.07, 6.45) is -4.60. The van der Waals surface area contributed by atoms with Crippen molar-refractivity contribution < 1.29 is 43.2 Å². The van der Waals surface area contributed by atoms with Gasteiger partial charge in [0.2, 0.25) is 0 Å².